The molecule has 1 aromatic carbocycles. The molecule has 2 aromatic rings. The zero-order valence-corrected chi connectivity index (χ0v) is 9.37. The maximum atomic E-state index is 9.06. The van der Waals surface area contributed by atoms with Crippen molar-refractivity contribution in [1.29, 1.82) is 0 Å². The fraction of sp³-hybridized carbons (Fsp3) is 0.308. The van der Waals surface area contributed by atoms with Crippen molar-refractivity contribution in [2.24, 2.45) is 5.92 Å². The van der Waals surface area contributed by atoms with Gasteiger partial charge in [-0.25, -0.2) is 4.98 Å². The number of hydrogen-bond acceptors (Lipinski definition) is 2. The largest absolute Gasteiger partial charge is 0.396 e. The first-order valence-corrected chi connectivity index (χ1v) is 5.48. The van der Waals surface area contributed by atoms with Crippen LogP contribution >= 0.6 is 0 Å². The fourth-order valence-corrected chi connectivity index (χ4v) is 1.70. The molecular formula is C13H16N2O. The van der Waals surface area contributed by atoms with Gasteiger partial charge in [-0.05, 0) is 5.92 Å². The van der Waals surface area contributed by atoms with Crippen molar-refractivity contribution in [1.82, 2.24) is 9.55 Å². The Kier molecular flexibility index (Phi) is 3.37. The summed E-state index contributed by atoms with van der Waals surface area (Å²) in [5, 5.41) is 9.06. The molecule has 1 heterocycles. The summed E-state index contributed by atoms with van der Waals surface area (Å²) < 4.78 is 2.08. The Morgan fingerprint density at radius 1 is 1.31 bits per heavy atom. The molecule has 1 aromatic heterocycles. The van der Waals surface area contributed by atoms with Crippen LogP contribution in [0, 0.1) is 5.92 Å². The van der Waals surface area contributed by atoms with Crippen LogP contribution in [-0.4, -0.2) is 21.3 Å². The quantitative estimate of drug-likeness (QED) is 0.850. The van der Waals surface area contributed by atoms with Gasteiger partial charge in [0.25, 0.3) is 0 Å². The van der Waals surface area contributed by atoms with Crippen LogP contribution in [-0.2, 0) is 6.54 Å². The second-order valence-electron chi connectivity index (χ2n) is 4.06. The van der Waals surface area contributed by atoms with Crippen LogP contribution in [0.2, 0.25) is 0 Å². The zero-order valence-electron chi connectivity index (χ0n) is 9.37. The van der Waals surface area contributed by atoms with Crippen LogP contribution in [0.4, 0.5) is 0 Å². The van der Waals surface area contributed by atoms with Gasteiger partial charge in [-0.1, -0.05) is 37.3 Å². The van der Waals surface area contributed by atoms with E-state index >= 15 is 0 Å². The Morgan fingerprint density at radius 3 is 2.75 bits per heavy atom. The number of aliphatic hydroxyl groups is 1. The molecule has 0 aliphatic heterocycles. The molecular weight excluding hydrogens is 200 g/mol. The smallest absolute Gasteiger partial charge is 0.139 e. The van der Waals surface area contributed by atoms with Gasteiger partial charge in [0.2, 0.25) is 0 Å². The van der Waals surface area contributed by atoms with Crippen LogP contribution in [0.15, 0.2) is 42.7 Å². The first kappa shape index (κ1) is 10.9. The Balaban J connectivity index is 2.26. The molecule has 0 fully saturated rings. The Morgan fingerprint density at radius 2 is 2.06 bits per heavy atom. The molecule has 16 heavy (non-hydrogen) atoms. The van der Waals surface area contributed by atoms with Gasteiger partial charge in [0.15, 0.2) is 0 Å². The number of rotatable bonds is 4. The van der Waals surface area contributed by atoms with Gasteiger partial charge >= 0.3 is 0 Å². The summed E-state index contributed by atoms with van der Waals surface area (Å²) in [6, 6.07) is 10.1. The summed E-state index contributed by atoms with van der Waals surface area (Å²) in [7, 11) is 0. The van der Waals surface area contributed by atoms with Gasteiger partial charge in [0, 0.05) is 31.1 Å². The summed E-state index contributed by atoms with van der Waals surface area (Å²) >= 11 is 0. The molecule has 0 saturated carbocycles. The third-order valence-electron chi connectivity index (χ3n) is 2.57. The minimum atomic E-state index is 0.201. The Labute approximate surface area is 95.4 Å². The van der Waals surface area contributed by atoms with Crippen molar-refractivity contribution in [3.05, 3.63) is 42.7 Å². The summed E-state index contributed by atoms with van der Waals surface area (Å²) in [6.07, 6.45) is 3.75. The molecule has 0 aliphatic rings. The number of hydrogen-bond donors (Lipinski definition) is 1. The van der Waals surface area contributed by atoms with Crippen LogP contribution < -0.4 is 0 Å². The van der Waals surface area contributed by atoms with E-state index in [1.54, 1.807) is 6.20 Å². The van der Waals surface area contributed by atoms with Crippen molar-refractivity contribution in [2.45, 2.75) is 13.5 Å². The van der Waals surface area contributed by atoms with Gasteiger partial charge in [0.05, 0.1) is 0 Å². The van der Waals surface area contributed by atoms with E-state index in [9.17, 15) is 0 Å². The van der Waals surface area contributed by atoms with Crippen molar-refractivity contribution >= 4 is 0 Å². The minimum absolute atomic E-state index is 0.201. The van der Waals surface area contributed by atoms with Crippen LogP contribution in [0.3, 0.4) is 0 Å². The first-order chi connectivity index (χ1) is 7.81. The van der Waals surface area contributed by atoms with E-state index in [0.717, 1.165) is 17.9 Å². The number of nitrogens with zero attached hydrogens (tertiary/aromatic N) is 2. The fourth-order valence-electron chi connectivity index (χ4n) is 1.70. The molecule has 3 nitrogen and oxygen atoms in total. The standard InChI is InChI=1S/C13H16N2O/c1-11(10-16)9-15-8-7-14-13(15)12-5-3-2-4-6-12/h2-8,11,16H,9-10H2,1H3. The summed E-state index contributed by atoms with van der Waals surface area (Å²) in [5.74, 6) is 1.21. The van der Waals surface area contributed by atoms with Crippen molar-refractivity contribution in [2.75, 3.05) is 6.61 Å². The maximum Gasteiger partial charge on any atom is 0.139 e. The SMILES string of the molecule is CC(CO)Cn1ccnc1-c1ccccc1. The molecule has 0 saturated heterocycles. The van der Waals surface area contributed by atoms with E-state index in [-0.39, 0.29) is 12.5 Å². The average Bonchev–Trinajstić information content (AvgIpc) is 2.78. The first-order valence-electron chi connectivity index (χ1n) is 5.48. The lowest BCUT2D eigenvalue weighted by molar-refractivity contribution is 0.223. The van der Waals surface area contributed by atoms with E-state index in [4.69, 9.17) is 5.11 Å². The van der Waals surface area contributed by atoms with Gasteiger partial charge in [-0.15, -0.1) is 0 Å². The number of aliphatic hydroxyl groups excluding tert-OH is 1. The van der Waals surface area contributed by atoms with Gasteiger partial charge in [-0.2, -0.15) is 0 Å². The highest BCUT2D eigenvalue weighted by molar-refractivity contribution is 5.55. The third kappa shape index (κ3) is 2.31. The van der Waals surface area contributed by atoms with E-state index in [2.05, 4.69) is 9.55 Å². The normalized spacial score (nSPS) is 12.6. The second-order valence-corrected chi connectivity index (χ2v) is 4.06. The topological polar surface area (TPSA) is 38.0 Å². The third-order valence-corrected chi connectivity index (χ3v) is 2.57. The molecule has 2 rings (SSSR count). The molecule has 0 bridgehead atoms. The number of benzene rings is 1. The monoisotopic (exact) mass is 216 g/mol. The van der Waals surface area contributed by atoms with Gasteiger partial charge in [-0.3, -0.25) is 0 Å². The molecule has 0 amide bonds. The Bertz CT molecular complexity index is 436. The predicted octanol–water partition coefficient (Wildman–Crippen LogP) is 2.18. The van der Waals surface area contributed by atoms with Gasteiger partial charge in [0.1, 0.15) is 5.82 Å². The Hall–Kier alpha value is -1.61. The highest BCUT2D eigenvalue weighted by Gasteiger charge is 2.07. The molecule has 1 unspecified atom stereocenters. The molecule has 3 heteroatoms. The van der Waals surface area contributed by atoms with Crippen LogP contribution in [0.25, 0.3) is 11.4 Å². The van der Waals surface area contributed by atoms with Crippen LogP contribution in [0.5, 0.6) is 0 Å². The molecule has 1 atom stereocenters. The molecule has 0 radical (unpaired) electrons. The van der Waals surface area contributed by atoms with E-state index < -0.39 is 0 Å². The lowest BCUT2D eigenvalue weighted by atomic mass is 10.2. The molecule has 1 N–H and O–H groups in total. The minimum Gasteiger partial charge on any atom is -0.396 e. The summed E-state index contributed by atoms with van der Waals surface area (Å²) in [4.78, 5) is 4.36. The van der Waals surface area contributed by atoms with Gasteiger partial charge < -0.3 is 9.67 Å². The van der Waals surface area contributed by atoms with Crippen molar-refractivity contribution < 1.29 is 5.11 Å². The lowest BCUT2D eigenvalue weighted by Gasteiger charge is -2.11. The molecule has 0 aliphatic carbocycles. The van der Waals surface area contributed by atoms with Crippen LogP contribution in [0.1, 0.15) is 6.92 Å². The summed E-state index contributed by atoms with van der Waals surface area (Å²) in [5.41, 5.74) is 1.11. The zero-order chi connectivity index (χ0) is 11.4. The van der Waals surface area contributed by atoms with E-state index in [0.29, 0.717) is 0 Å². The number of imidazole rings is 1. The predicted molar refractivity (Wildman–Crippen MR) is 63.9 cm³/mol. The highest BCUT2D eigenvalue weighted by Crippen LogP contribution is 2.17. The molecule has 84 valence electrons. The number of aromatic nitrogens is 2. The molecule has 0 spiro atoms. The second kappa shape index (κ2) is 4.94. The van der Waals surface area contributed by atoms with E-state index in [1.807, 2.05) is 43.5 Å². The van der Waals surface area contributed by atoms with E-state index in [1.165, 1.54) is 0 Å². The van der Waals surface area contributed by atoms with Crippen molar-refractivity contribution in [3.63, 3.8) is 0 Å². The highest BCUT2D eigenvalue weighted by atomic mass is 16.3. The average molecular weight is 216 g/mol. The van der Waals surface area contributed by atoms with Crippen molar-refractivity contribution in [3.8, 4) is 11.4 Å². The maximum absolute atomic E-state index is 9.06. The summed E-state index contributed by atoms with van der Waals surface area (Å²) in [6.45, 7) is 3.02. The lowest BCUT2D eigenvalue weighted by Crippen LogP contribution is -2.11.